The Morgan fingerprint density at radius 3 is 2.80 bits per heavy atom. The Balaban J connectivity index is 1.26. The third kappa shape index (κ3) is 4.00. The number of nitrogens with one attached hydrogen (secondary N) is 2. The second-order valence-electron chi connectivity index (χ2n) is 8.07. The molecule has 3 aliphatic rings. The van der Waals surface area contributed by atoms with Gasteiger partial charge in [-0.1, -0.05) is 25.0 Å². The second-order valence-corrected chi connectivity index (χ2v) is 8.07. The normalized spacial score (nSPS) is 24.2. The Labute approximate surface area is 151 Å². The van der Waals surface area contributed by atoms with Crippen molar-refractivity contribution in [2.45, 2.75) is 63.8 Å². The van der Waals surface area contributed by atoms with Gasteiger partial charge >= 0.3 is 6.03 Å². The van der Waals surface area contributed by atoms with Gasteiger partial charge < -0.3 is 15.5 Å². The van der Waals surface area contributed by atoms with Crippen LogP contribution in [0.4, 0.5) is 10.5 Å². The van der Waals surface area contributed by atoms with Crippen LogP contribution in [0.1, 0.15) is 56.1 Å². The van der Waals surface area contributed by atoms with Crippen LogP contribution in [0.3, 0.4) is 0 Å². The number of likely N-dealkylation sites (tertiary alicyclic amines) is 1. The Kier molecular flexibility index (Phi) is 5.25. The molecule has 1 atom stereocenters. The zero-order valence-electron chi connectivity index (χ0n) is 15.2. The molecule has 2 amide bonds. The molecule has 25 heavy (non-hydrogen) atoms. The van der Waals surface area contributed by atoms with Crippen molar-refractivity contribution >= 4 is 11.7 Å². The SMILES string of the molecule is O=C(NC[C@H]1CCN(C2CCCC2)C1)Nc1cccc2c1CCCC2. The number of carbonyl (C=O) groups excluding carboxylic acids is 1. The van der Waals surface area contributed by atoms with Crippen molar-refractivity contribution in [2.24, 2.45) is 5.92 Å². The molecular formula is C21H31N3O. The molecule has 0 unspecified atom stereocenters. The molecule has 2 aliphatic carbocycles. The lowest BCUT2D eigenvalue weighted by Crippen LogP contribution is -2.36. The van der Waals surface area contributed by atoms with Gasteiger partial charge in [-0.2, -0.15) is 0 Å². The van der Waals surface area contributed by atoms with Crippen molar-refractivity contribution in [1.29, 1.82) is 0 Å². The average molecular weight is 341 g/mol. The number of benzene rings is 1. The quantitative estimate of drug-likeness (QED) is 0.871. The van der Waals surface area contributed by atoms with Gasteiger partial charge in [0, 0.05) is 24.8 Å². The summed E-state index contributed by atoms with van der Waals surface area (Å²) in [6, 6.07) is 7.08. The number of amides is 2. The monoisotopic (exact) mass is 341 g/mol. The first-order valence-corrected chi connectivity index (χ1v) is 10.2. The highest BCUT2D eigenvalue weighted by Crippen LogP contribution is 2.29. The molecular weight excluding hydrogens is 310 g/mol. The van der Waals surface area contributed by atoms with E-state index in [0.717, 1.165) is 37.7 Å². The van der Waals surface area contributed by atoms with E-state index in [4.69, 9.17) is 0 Å². The molecule has 0 aromatic heterocycles. The third-order valence-corrected chi connectivity index (χ3v) is 6.35. The molecule has 1 heterocycles. The molecule has 1 aliphatic heterocycles. The smallest absolute Gasteiger partial charge is 0.319 e. The van der Waals surface area contributed by atoms with Gasteiger partial charge in [-0.25, -0.2) is 4.79 Å². The zero-order chi connectivity index (χ0) is 17.1. The van der Waals surface area contributed by atoms with E-state index in [1.807, 2.05) is 6.07 Å². The van der Waals surface area contributed by atoms with Gasteiger partial charge in [0.05, 0.1) is 0 Å². The summed E-state index contributed by atoms with van der Waals surface area (Å²) < 4.78 is 0. The molecule has 0 bridgehead atoms. The molecule has 4 nitrogen and oxygen atoms in total. The Hall–Kier alpha value is -1.55. The van der Waals surface area contributed by atoms with Crippen LogP contribution < -0.4 is 10.6 Å². The van der Waals surface area contributed by atoms with E-state index in [2.05, 4.69) is 27.7 Å². The highest BCUT2D eigenvalue weighted by molar-refractivity contribution is 5.90. The lowest BCUT2D eigenvalue weighted by Gasteiger charge is -2.23. The van der Waals surface area contributed by atoms with Crippen LogP contribution in [0.2, 0.25) is 0 Å². The molecule has 1 saturated carbocycles. The van der Waals surface area contributed by atoms with Gasteiger partial charge in [0.25, 0.3) is 0 Å². The predicted molar refractivity (Wildman–Crippen MR) is 102 cm³/mol. The summed E-state index contributed by atoms with van der Waals surface area (Å²) in [5.74, 6) is 0.607. The summed E-state index contributed by atoms with van der Waals surface area (Å²) in [7, 11) is 0. The molecule has 136 valence electrons. The summed E-state index contributed by atoms with van der Waals surface area (Å²) in [5.41, 5.74) is 3.76. The maximum absolute atomic E-state index is 12.4. The average Bonchev–Trinajstić information content (AvgIpc) is 3.32. The van der Waals surface area contributed by atoms with Gasteiger partial charge in [-0.05, 0) is 74.6 Å². The van der Waals surface area contributed by atoms with Crippen LogP contribution in [-0.4, -0.2) is 36.6 Å². The fourth-order valence-corrected chi connectivity index (χ4v) is 4.93. The number of urea groups is 1. The van der Waals surface area contributed by atoms with E-state index in [-0.39, 0.29) is 6.03 Å². The summed E-state index contributed by atoms with van der Waals surface area (Å²) in [5, 5.41) is 6.21. The Bertz CT molecular complexity index is 609. The minimum atomic E-state index is -0.0433. The van der Waals surface area contributed by atoms with Crippen molar-refractivity contribution in [3.05, 3.63) is 29.3 Å². The van der Waals surface area contributed by atoms with Crippen molar-refractivity contribution < 1.29 is 4.79 Å². The summed E-state index contributed by atoms with van der Waals surface area (Å²) >= 11 is 0. The van der Waals surface area contributed by atoms with Gasteiger partial charge in [0.2, 0.25) is 0 Å². The van der Waals surface area contributed by atoms with Gasteiger partial charge in [0.1, 0.15) is 0 Å². The molecule has 1 saturated heterocycles. The van der Waals surface area contributed by atoms with E-state index in [1.54, 1.807) is 0 Å². The number of anilines is 1. The van der Waals surface area contributed by atoms with Crippen LogP contribution in [-0.2, 0) is 12.8 Å². The fraction of sp³-hybridized carbons (Fsp3) is 0.667. The number of rotatable bonds is 4. The molecule has 0 spiro atoms. The van der Waals surface area contributed by atoms with Crippen molar-refractivity contribution in [3.63, 3.8) is 0 Å². The molecule has 4 rings (SSSR count). The first kappa shape index (κ1) is 16.9. The lowest BCUT2D eigenvalue weighted by atomic mass is 9.90. The molecule has 2 fully saturated rings. The Morgan fingerprint density at radius 1 is 1.08 bits per heavy atom. The number of aryl methyl sites for hydroxylation is 1. The van der Waals surface area contributed by atoms with Crippen LogP contribution >= 0.6 is 0 Å². The van der Waals surface area contributed by atoms with E-state index < -0.39 is 0 Å². The van der Waals surface area contributed by atoms with Crippen LogP contribution in [0.5, 0.6) is 0 Å². The van der Waals surface area contributed by atoms with Crippen molar-refractivity contribution in [2.75, 3.05) is 25.0 Å². The highest BCUT2D eigenvalue weighted by atomic mass is 16.2. The maximum Gasteiger partial charge on any atom is 0.319 e. The minimum Gasteiger partial charge on any atom is -0.338 e. The minimum absolute atomic E-state index is 0.0433. The number of fused-ring (bicyclic) bond motifs is 1. The van der Waals surface area contributed by atoms with Crippen LogP contribution in [0.25, 0.3) is 0 Å². The first-order chi connectivity index (χ1) is 12.3. The van der Waals surface area contributed by atoms with E-state index in [1.165, 1.54) is 62.6 Å². The van der Waals surface area contributed by atoms with E-state index >= 15 is 0 Å². The van der Waals surface area contributed by atoms with Crippen molar-refractivity contribution in [1.82, 2.24) is 10.2 Å². The number of hydrogen-bond donors (Lipinski definition) is 2. The first-order valence-electron chi connectivity index (χ1n) is 10.2. The number of hydrogen-bond acceptors (Lipinski definition) is 2. The molecule has 0 radical (unpaired) electrons. The third-order valence-electron chi connectivity index (χ3n) is 6.35. The van der Waals surface area contributed by atoms with Crippen LogP contribution in [0, 0.1) is 5.92 Å². The van der Waals surface area contributed by atoms with Crippen LogP contribution in [0.15, 0.2) is 18.2 Å². The highest BCUT2D eigenvalue weighted by Gasteiger charge is 2.29. The van der Waals surface area contributed by atoms with E-state index in [9.17, 15) is 4.79 Å². The molecule has 2 N–H and O–H groups in total. The fourth-order valence-electron chi connectivity index (χ4n) is 4.93. The maximum atomic E-state index is 12.4. The zero-order valence-corrected chi connectivity index (χ0v) is 15.2. The topological polar surface area (TPSA) is 44.4 Å². The van der Waals surface area contributed by atoms with Gasteiger partial charge in [0.15, 0.2) is 0 Å². The van der Waals surface area contributed by atoms with Crippen molar-refractivity contribution in [3.8, 4) is 0 Å². The molecule has 1 aromatic carbocycles. The Morgan fingerprint density at radius 2 is 1.92 bits per heavy atom. The predicted octanol–water partition coefficient (Wildman–Crippen LogP) is 3.95. The standard InChI is InChI=1S/C21H31N3O/c25-21(23-20-11-5-7-17-6-1-4-10-19(17)20)22-14-16-12-13-24(15-16)18-8-2-3-9-18/h5,7,11,16,18H,1-4,6,8-10,12-15H2,(H2,22,23,25)/t16-/m1/s1. The largest absolute Gasteiger partial charge is 0.338 e. The second kappa shape index (κ2) is 7.77. The summed E-state index contributed by atoms with van der Waals surface area (Å²) in [6.07, 6.45) is 11.5. The number of carbonyl (C=O) groups is 1. The van der Waals surface area contributed by atoms with Gasteiger partial charge in [-0.3, -0.25) is 0 Å². The summed E-state index contributed by atoms with van der Waals surface area (Å²) in [6.45, 7) is 3.17. The lowest BCUT2D eigenvalue weighted by molar-refractivity contribution is 0.234. The number of nitrogens with zero attached hydrogens (tertiary/aromatic N) is 1. The molecule has 4 heteroatoms. The van der Waals surface area contributed by atoms with Gasteiger partial charge in [-0.15, -0.1) is 0 Å². The summed E-state index contributed by atoms with van der Waals surface area (Å²) in [4.78, 5) is 15.0. The van der Waals surface area contributed by atoms with E-state index in [0.29, 0.717) is 5.92 Å². The molecule has 1 aromatic rings.